The largest absolute Gasteiger partial charge is 0.370 e. The van der Waals surface area contributed by atoms with E-state index in [1.165, 1.54) is 5.69 Å². The lowest BCUT2D eigenvalue weighted by Crippen LogP contribution is -2.41. The molecule has 2 aromatic heterocycles. The average molecular weight is 355 g/mol. The molecule has 2 amide bonds. The second kappa shape index (κ2) is 7.14. The van der Waals surface area contributed by atoms with Crippen molar-refractivity contribution in [3.05, 3.63) is 53.8 Å². The standard InChI is InChI=1S/C18H21N5OS/c24-17(19-13-15-14-23-11-12-25-18(23)20-15)22-8-4-7-21(9-10-22)16-5-2-1-3-6-16/h1-3,5-6,11-12,14H,4,7-10,13H2,(H,19,24). The molecule has 0 unspecified atom stereocenters. The van der Waals surface area contributed by atoms with E-state index in [2.05, 4.69) is 39.5 Å². The van der Waals surface area contributed by atoms with Gasteiger partial charge in [0.15, 0.2) is 4.96 Å². The first kappa shape index (κ1) is 16.0. The first-order chi connectivity index (χ1) is 12.3. The summed E-state index contributed by atoms with van der Waals surface area (Å²) in [5.41, 5.74) is 2.11. The molecule has 1 aliphatic heterocycles. The number of rotatable bonds is 3. The fraction of sp³-hybridized carbons (Fsp3) is 0.333. The molecular weight excluding hydrogens is 334 g/mol. The molecule has 25 heavy (non-hydrogen) atoms. The maximum atomic E-state index is 12.5. The highest BCUT2D eigenvalue weighted by Crippen LogP contribution is 2.16. The molecule has 1 fully saturated rings. The quantitative estimate of drug-likeness (QED) is 0.786. The van der Waals surface area contributed by atoms with Crippen molar-refractivity contribution in [1.29, 1.82) is 0 Å². The Labute approximate surface area is 150 Å². The molecule has 1 saturated heterocycles. The molecule has 1 aromatic carbocycles. The number of carbonyl (C=O) groups excluding carboxylic acids is 1. The van der Waals surface area contributed by atoms with Crippen LogP contribution in [-0.2, 0) is 6.54 Å². The van der Waals surface area contributed by atoms with Gasteiger partial charge in [-0.25, -0.2) is 9.78 Å². The molecule has 0 bridgehead atoms. The fourth-order valence-electron chi connectivity index (χ4n) is 3.16. The maximum absolute atomic E-state index is 12.5. The van der Waals surface area contributed by atoms with Gasteiger partial charge in [-0.1, -0.05) is 18.2 Å². The van der Waals surface area contributed by atoms with Gasteiger partial charge in [0.25, 0.3) is 0 Å². The zero-order chi connectivity index (χ0) is 17.1. The summed E-state index contributed by atoms with van der Waals surface area (Å²) in [5.74, 6) is 0. The van der Waals surface area contributed by atoms with Gasteiger partial charge in [-0.3, -0.25) is 4.40 Å². The Bertz CT molecular complexity index is 815. The summed E-state index contributed by atoms with van der Waals surface area (Å²) in [6.07, 6.45) is 4.92. The van der Waals surface area contributed by atoms with Gasteiger partial charge in [-0.2, -0.15) is 0 Å². The van der Waals surface area contributed by atoms with Crippen molar-refractivity contribution in [3.63, 3.8) is 0 Å². The van der Waals surface area contributed by atoms with Crippen LogP contribution in [0.1, 0.15) is 12.1 Å². The van der Waals surface area contributed by atoms with Crippen LogP contribution in [0.15, 0.2) is 48.1 Å². The first-order valence-corrected chi connectivity index (χ1v) is 9.41. The van der Waals surface area contributed by atoms with Crippen LogP contribution < -0.4 is 10.2 Å². The molecule has 0 radical (unpaired) electrons. The van der Waals surface area contributed by atoms with E-state index < -0.39 is 0 Å². The smallest absolute Gasteiger partial charge is 0.317 e. The van der Waals surface area contributed by atoms with Crippen molar-refractivity contribution in [1.82, 2.24) is 19.6 Å². The van der Waals surface area contributed by atoms with E-state index >= 15 is 0 Å². The van der Waals surface area contributed by atoms with Crippen LogP contribution in [0.4, 0.5) is 10.5 Å². The van der Waals surface area contributed by atoms with Crippen LogP contribution in [0.25, 0.3) is 4.96 Å². The van der Waals surface area contributed by atoms with Crippen LogP contribution in [0.5, 0.6) is 0 Å². The molecule has 130 valence electrons. The molecule has 0 atom stereocenters. The van der Waals surface area contributed by atoms with E-state index in [4.69, 9.17) is 0 Å². The van der Waals surface area contributed by atoms with Gasteiger partial charge in [0.05, 0.1) is 12.2 Å². The summed E-state index contributed by atoms with van der Waals surface area (Å²) in [6, 6.07) is 10.4. The summed E-state index contributed by atoms with van der Waals surface area (Å²) >= 11 is 1.59. The van der Waals surface area contributed by atoms with Crippen molar-refractivity contribution >= 4 is 28.0 Å². The second-order valence-corrected chi connectivity index (χ2v) is 7.02. The maximum Gasteiger partial charge on any atom is 0.317 e. The minimum Gasteiger partial charge on any atom is -0.370 e. The zero-order valence-corrected chi connectivity index (χ0v) is 14.8. The minimum absolute atomic E-state index is 0.00809. The van der Waals surface area contributed by atoms with Crippen molar-refractivity contribution in [3.8, 4) is 0 Å². The van der Waals surface area contributed by atoms with E-state index in [-0.39, 0.29) is 6.03 Å². The molecule has 6 nitrogen and oxygen atoms in total. The van der Waals surface area contributed by atoms with Crippen molar-refractivity contribution in [2.45, 2.75) is 13.0 Å². The van der Waals surface area contributed by atoms with Crippen LogP contribution in [0, 0.1) is 0 Å². The van der Waals surface area contributed by atoms with Gasteiger partial charge in [-0.15, -0.1) is 11.3 Å². The van der Waals surface area contributed by atoms with E-state index in [1.807, 2.05) is 33.1 Å². The van der Waals surface area contributed by atoms with Crippen molar-refractivity contribution < 1.29 is 4.79 Å². The van der Waals surface area contributed by atoms with E-state index in [1.54, 1.807) is 11.3 Å². The number of carbonyl (C=O) groups is 1. The number of hydrogen-bond donors (Lipinski definition) is 1. The number of benzene rings is 1. The third-order valence-corrected chi connectivity index (χ3v) is 5.24. The Morgan fingerprint density at radius 1 is 1.16 bits per heavy atom. The number of amides is 2. The number of para-hydroxylation sites is 1. The lowest BCUT2D eigenvalue weighted by molar-refractivity contribution is 0.201. The number of imidazole rings is 1. The second-order valence-electron chi connectivity index (χ2n) is 6.15. The highest BCUT2D eigenvalue weighted by atomic mass is 32.1. The van der Waals surface area contributed by atoms with Gasteiger partial charge in [0.2, 0.25) is 0 Å². The topological polar surface area (TPSA) is 52.9 Å². The van der Waals surface area contributed by atoms with Crippen molar-refractivity contribution in [2.24, 2.45) is 0 Å². The molecule has 0 saturated carbocycles. The van der Waals surface area contributed by atoms with Crippen LogP contribution in [0.3, 0.4) is 0 Å². The Morgan fingerprint density at radius 3 is 2.88 bits per heavy atom. The number of urea groups is 1. The summed E-state index contributed by atoms with van der Waals surface area (Å²) < 4.78 is 1.98. The third-order valence-electron chi connectivity index (χ3n) is 4.47. The first-order valence-electron chi connectivity index (χ1n) is 8.53. The molecular formula is C18H21N5OS. The van der Waals surface area contributed by atoms with E-state index in [9.17, 15) is 4.79 Å². The lowest BCUT2D eigenvalue weighted by Gasteiger charge is -2.23. The molecule has 4 rings (SSSR count). The number of anilines is 1. The van der Waals surface area contributed by atoms with Gasteiger partial charge in [-0.05, 0) is 18.6 Å². The third kappa shape index (κ3) is 3.61. The molecule has 1 aliphatic rings. The monoisotopic (exact) mass is 355 g/mol. The summed E-state index contributed by atoms with van der Waals surface area (Å²) in [6.45, 7) is 3.82. The lowest BCUT2D eigenvalue weighted by atomic mass is 10.3. The fourth-order valence-corrected chi connectivity index (χ4v) is 3.88. The Kier molecular flexibility index (Phi) is 4.56. The molecule has 3 heterocycles. The minimum atomic E-state index is -0.00809. The zero-order valence-electron chi connectivity index (χ0n) is 14.0. The van der Waals surface area contributed by atoms with E-state index in [0.717, 1.165) is 43.3 Å². The van der Waals surface area contributed by atoms with Gasteiger partial charge < -0.3 is 15.1 Å². The molecule has 7 heteroatoms. The van der Waals surface area contributed by atoms with Gasteiger partial charge in [0, 0.05) is 49.6 Å². The normalized spacial score (nSPS) is 15.4. The SMILES string of the molecule is O=C(NCc1cn2ccsc2n1)N1CCCN(c2ccccc2)CC1. The summed E-state index contributed by atoms with van der Waals surface area (Å²) in [7, 11) is 0. The van der Waals surface area contributed by atoms with E-state index in [0.29, 0.717) is 6.54 Å². The average Bonchev–Trinajstić information content (AvgIpc) is 3.13. The predicted octanol–water partition coefficient (Wildman–Crippen LogP) is 2.82. The molecule has 1 N–H and O–H groups in total. The van der Waals surface area contributed by atoms with Gasteiger partial charge >= 0.3 is 6.03 Å². The predicted molar refractivity (Wildman–Crippen MR) is 100 cm³/mol. The Balaban J connectivity index is 1.32. The summed E-state index contributed by atoms with van der Waals surface area (Å²) in [4.78, 5) is 22.2. The van der Waals surface area contributed by atoms with Crippen LogP contribution in [0.2, 0.25) is 0 Å². The van der Waals surface area contributed by atoms with Gasteiger partial charge in [0.1, 0.15) is 0 Å². The number of thiazole rings is 1. The number of nitrogens with one attached hydrogen (secondary N) is 1. The highest BCUT2D eigenvalue weighted by molar-refractivity contribution is 7.15. The summed E-state index contributed by atoms with van der Waals surface area (Å²) in [5, 5.41) is 5.00. The molecule has 0 aliphatic carbocycles. The number of fused-ring (bicyclic) bond motifs is 1. The Morgan fingerprint density at radius 2 is 2.04 bits per heavy atom. The molecule has 0 spiro atoms. The number of aromatic nitrogens is 2. The molecule has 3 aromatic rings. The van der Waals surface area contributed by atoms with Crippen LogP contribution in [-0.4, -0.2) is 46.5 Å². The number of hydrogen-bond acceptors (Lipinski definition) is 4. The number of nitrogens with zero attached hydrogens (tertiary/aromatic N) is 4. The Hall–Kier alpha value is -2.54. The highest BCUT2D eigenvalue weighted by Gasteiger charge is 2.19. The van der Waals surface area contributed by atoms with Crippen LogP contribution >= 0.6 is 11.3 Å². The van der Waals surface area contributed by atoms with Crippen molar-refractivity contribution in [2.75, 3.05) is 31.1 Å².